The van der Waals surface area contributed by atoms with Gasteiger partial charge in [-0.25, -0.2) is 0 Å². The van der Waals surface area contributed by atoms with Gasteiger partial charge in [-0.2, -0.15) is 0 Å². The molecule has 0 amide bonds. The van der Waals surface area contributed by atoms with Crippen molar-refractivity contribution in [1.29, 1.82) is 0 Å². The second-order valence-corrected chi connectivity index (χ2v) is 8.02. The van der Waals surface area contributed by atoms with Crippen molar-refractivity contribution in [1.82, 2.24) is 0 Å². The fourth-order valence-corrected chi connectivity index (χ4v) is 2.41. The van der Waals surface area contributed by atoms with E-state index in [1.165, 1.54) is 0 Å². The molecular weight excluding hydrogens is 248 g/mol. The Labute approximate surface area is 123 Å². The van der Waals surface area contributed by atoms with Gasteiger partial charge in [0.05, 0.1) is 5.41 Å². The Kier molecular flexibility index (Phi) is 4.68. The van der Waals surface area contributed by atoms with Gasteiger partial charge >= 0.3 is 5.97 Å². The predicted molar refractivity (Wildman–Crippen MR) is 83.7 cm³/mol. The van der Waals surface area contributed by atoms with Crippen LogP contribution in [-0.2, 0) is 4.79 Å². The Balaban J connectivity index is 3.03. The number of para-hydroxylation sites is 1. The standard InChI is InChI=1S/C18H28O2/c1-16(2,3)13-18(7,17(4,5)6)15(19)20-14-11-9-8-10-12-14/h8-12H,13H2,1-7H3. The first kappa shape index (κ1) is 16.7. The van der Waals surface area contributed by atoms with E-state index in [2.05, 4.69) is 41.5 Å². The molecule has 20 heavy (non-hydrogen) atoms. The molecule has 1 aromatic rings. The minimum Gasteiger partial charge on any atom is -0.426 e. The van der Waals surface area contributed by atoms with Crippen LogP contribution in [0.4, 0.5) is 0 Å². The van der Waals surface area contributed by atoms with Crippen molar-refractivity contribution in [3.63, 3.8) is 0 Å². The van der Waals surface area contributed by atoms with Crippen LogP contribution < -0.4 is 4.74 Å². The summed E-state index contributed by atoms with van der Waals surface area (Å²) in [5, 5.41) is 0. The molecule has 1 unspecified atom stereocenters. The van der Waals surface area contributed by atoms with Crippen LogP contribution in [0.3, 0.4) is 0 Å². The summed E-state index contributed by atoms with van der Waals surface area (Å²) >= 11 is 0. The number of ether oxygens (including phenoxy) is 1. The molecule has 2 heteroatoms. The van der Waals surface area contributed by atoms with Crippen molar-refractivity contribution in [2.75, 3.05) is 0 Å². The van der Waals surface area contributed by atoms with Gasteiger partial charge in [0.25, 0.3) is 0 Å². The highest BCUT2D eigenvalue weighted by Crippen LogP contribution is 2.47. The molecule has 0 bridgehead atoms. The monoisotopic (exact) mass is 276 g/mol. The first-order valence-corrected chi connectivity index (χ1v) is 7.23. The van der Waals surface area contributed by atoms with Crippen LogP contribution in [0.2, 0.25) is 0 Å². The van der Waals surface area contributed by atoms with E-state index in [-0.39, 0.29) is 16.8 Å². The third kappa shape index (κ3) is 4.09. The van der Waals surface area contributed by atoms with Gasteiger partial charge < -0.3 is 4.74 Å². The van der Waals surface area contributed by atoms with Crippen LogP contribution in [0, 0.1) is 16.2 Å². The van der Waals surface area contributed by atoms with Gasteiger partial charge in [-0.1, -0.05) is 59.7 Å². The van der Waals surface area contributed by atoms with Gasteiger partial charge in [-0.15, -0.1) is 0 Å². The van der Waals surface area contributed by atoms with Crippen molar-refractivity contribution < 1.29 is 9.53 Å². The average Bonchev–Trinajstić information content (AvgIpc) is 2.26. The van der Waals surface area contributed by atoms with Crippen molar-refractivity contribution in [3.8, 4) is 5.75 Å². The second-order valence-electron chi connectivity index (χ2n) is 8.02. The molecule has 0 aliphatic carbocycles. The Morgan fingerprint density at radius 1 is 0.950 bits per heavy atom. The number of carbonyl (C=O) groups excluding carboxylic acids is 1. The van der Waals surface area contributed by atoms with Crippen LogP contribution in [0.5, 0.6) is 5.75 Å². The van der Waals surface area contributed by atoms with Gasteiger partial charge in [0.15, 0.2) is 0 Å². The summed E-state index contributed by atoms with van der Waals surface area (Å²) in [5.74, 6) is 0.466. The number of hydrogen-bond acceptors (Lipinski definition) is 2. The summed E-state index contributed by atoms with van der Waals surface area (Å²) in [4.78, 5) is 12.7. The molecule has 0 aromatic heterocycles. The Bertz CT molecular complexity index is 449. The van der Waals surface area contributed by atoms with Crippen LogP contribution in [0.15, 0.2) is 30.3 Å². The minimum atomic E-state index is -0.527. The molecule has 112 valence electrons. The minimum absolute atomic E-state index is 0.0672. The number of carbonyl (C=O) groups is 1. The maximum Gasteiger partial charge on any atom is 0.317 e. The molecule has 0 fully saturated rings. The summed E-state index contributed by atoms with van der Waals surface area (Å²) in [6.45, 7) is 14.8. The lowest BCUT2D eigenvalue weighted by Crippen LogP contribution is -2.45. The van der Waals surface area contributed by atoms with Gasteiger partial charge in [0.2, 0.25) is 0 Å². The SMILES string of the molecule is CC(C)(C)CC(C)(C(=O)Oc1ccccc1)C(C)(C)C. The highest BCUT2D eigenvalue weighted by atomic mass is 16.5. The van der Waals surface area contributed by atoms with E-state index in [0.717, 1.165) is 6.42 Å². The van der Waals surface area contributed by atoms with Gasteiger partial charge in [0, 0.05) is 0 Å². The zero-order chi connectivity index (χ0) is 15.6. The number of benzene rings is 1. The molecule has 2 nitrogen and oxygen atoms in total. The molecule has 0 saturated carbocycles. The van der Waals surface area contributed by atoms with E-state index in [9.17, 15) is 4.79 Å². The second kappa shape index (κ2) is 5.59. The molecule has 0 saturated heterocycles. The average molecular weight is 276 g/mol. The van der Waals surface area contributed by atoms with E-state index in [0.29, 0.717) is 5.75 Å². The van der Waals surface area contributed by atoms with Gasteiger partial charge in [-0.05, 0) is 36.3 Å². The number of rotatable bonds is 3. The zero-order valence-electron chi connectivity index (χ0n) is 13.9. The molecule has 1 aromatic carbocycles. The zero-order valence-corrected chi connectivity index (χ0v) is 13.9. The summed E-state index contributed by atoms with van der Waals surface area (Å²) in [6.07, 6.45) is 0.787. The summed E-state index contributed by atoms with van der Waals surface area (Å²) in [7, 11) is 0. The van der Waals surface area contributed by atoms with Gasteiger partial charge in [0.1, 0.15) is 5.75 Å². The summed E-state index contributed by atoms with van der Waals surface area (Å²) in [6, 6.07) is 9.30. The maximum absolute atomic E-state index is 12.7. The van der Waals surface area contributed by atoms with Crippen molar-refractivity contribution in [3.05, 3.63) is 30.3 Å². The van der Waals surface area contributed by atoms with Crippen molar-refractivity contribution >= 4 is 5.97 Å². The molecule has 0 heterocycles. The topological polar surface area (TPSA) is 26.3 Å². The molecule has 0 aliphatic heterocycles. The maximum atomic E-state index is 12.7. The van der Waals surface area contributed by atoms with E-state index in [4.69, 9.17) is 4.74 Å². The molecule has 0 aliphatic rings. The smallest absolute Gasteiger partial charge is 0.317 e. The van der Waals surface area contributed by atoms with Crippen LogP contribution in [0.1, 0.15) is 54.9 Å². The van der Waals surface area contributed by atoms with Crippen molar-refractivity contribution in [2.45, 2.75) is 54.9 Å². The largest absolute Gasteiger partial charge is 0.426 e. The molecule has 0 radical (unpaired) electrons. The Morgan fingerprint density at radius 2 is 1.45 bits per heavy atom. The predicted octanol–water partition coefficient (Wildman–Crippen LogP) is 5.08. The summed E-state index contributed by atoms with van der Waals surface area (Å²) in [5.41, 5.74) is -0.620. The molecule has 1 atom stereocenters. The van der Waals surface area contributed by atoms with E-state index in [1.807, 2.05) is 37.3 Å². The normalized spacial score (nSPS) is 15.6. The number of hydrogen-bond donors (Lipinski definition) is 0. The first-order valence-electron chi connectivity index (χ1n) is 7.23. The van der Waals surface area contributed by atoms with E-state index < -0.39 is 5.41 Å². The van der Waals surface area contributed by atoms with Crippen LogP contribution in [0.25, 0.3) is 0 Å². The van der Waals surface area contributed by atoms with Crippen molar-refractivity contribution in [2.24, 2.45) is 16.2 Å². The lowest BCUT2D eigenvalue weighted by molar-refractivity contribution is -0.154. The molecule has 1 rings (SSSR count). The third-order valence-corrected chi connectivity index (χ3v) is 3.94. The van der Waals surface area contributed by atoms with E-state index >= 15 is 0 Å². The molecule has 0 N–H and O–H groups in total. The van der Waals surface area contributed by atoms with E-state index in [1.54, 1.807) is 0 Å². The highest BCUT2D eigenvalue weighted by Gasteiger charge is 2.47. The highest BCUT2D eigenvalue weighted by molar-refractivity contribution is 5.79. The van der Waals surface area contributed by atoms with Crippen LogP contribution in [-0.4, -0.2) is 5.97 Å². The number of esters is 1. The molecule has 0 spiro atoms. The fourth-order valence-electron chi connectivity index (χ4n) is 2.41. The first-order chi connectivity index (χ1) is 8.96. The van der Waals surface area contributed by atoms with Crippen LogP contribution >= 0.6 is 0 Å². The summed E-state index contributed by atoms with van der Waals surface area (Å²) < 4.78 is 5.61. The Hall–Kier alpha value is -1.31. The van der Waals surface area contributed by atoms with Gasteiger partial charge in [-0.3, -0.25) is 4.79 Å². The quantitative estimate of drug-likeness (QED) is 0.568. The Morgan fingerprint density at radius 3 is 1.85 bits per heavy atom. The lowest BCUT2D eigenvalue weighted by atomic mass is 9.61. The lowest BCUT2D eigenvalue weighted by Gasteiger charge is -2.43. The fraction of sp³-hybridized carbons (Fsp3) is 0.611. The third-order valence-electron chi connectivity index (χ3n) is 3.94. The molecular formula is C18H28O2.